The number of methoxy groups -OCH3 is 1. The first kappa shape index (κ1) is 17.9. The van der Waals surface area contributed by atoms with E-state index in [0.717, 1.165) is 12.8 Å². The fourth-order valence-corrected chi connectivity index (χ4v) is 2.41. The molecule has 0 radical (unpaired) electrons. The summed E-state index contributed by atoms with van der Waals surface area (Å²) in [7, 11) is 1.61. The summed E-state index contributed by atoms with van der Waals surface area (Å²) in [6.45, 7) is 3.06. The van der Waals surface area contributed by atoms with E-state index in [0.29, 0.717) is 50.5 Å². The number of nitrogens with one attached hydrogen (secondary N) is 1. The van der Waals surface area contributed by atoms with Crippen LogP contribution in [-0.2, 0) is 9.53 Å². The summed E-state index contributed by atoms with van der Waals surface area (Å²) in [5, 5.41) is 2.76. The molecule has 1 aliphatic rings. The fourth-order valence-electron chi connectivity index (χ4n) is 2.41. The van der Waals surface area contributed by atoms with Gasteiger partial charge < -0.3 is 19.9 Å². The molecule has 1 aromatic rings. The first-order chi connectivity index (χ1) is 11.7. The van der Waals surface area contributed by atoms with E-state index in [4.69, 9.17) is 4.74 Å². The third-order valence-electron chi connectivity index (χ3n) is 3.81. The lowest BCUT2D eigenvalue weighted by molar-refractivity contribution is -0.119. The highest BCUT2D eigenvalue weighted by molar-refractivity contribution is 5.99. The van der Waals surface area contributed by atoms with E-state index in [1.54, 1.807) is 23.0 Å². The van der Waals surface area contributed by atoms with Crippen molar-refractivity contribution >= 4 is 18.2 Å². The van der Waals surface area contributed by atoms with Gasteiger partial charge in [-0.1, -0.05) is 0 Å². The van der Waals surface area contributed by atoms with Crippen molar-refractivity contribution in [3.8, 4) is 0 Å². The number of hydrogen-bond donors (Lipinski definition) is 1. The zero-order valence-electron chi connectivity index (χ0n) is 13.7. The Bertz CT molecular complexity index is 585. The molecule has 0 aromatic carbocycles. The number of piperazine rings is 1. The van der Waals surface area contributed by atoms with Crippen molar-refractivity contribution in [1.29, 1.82) is 0 Å². The molecule has 1 aromatic heterocycles. The Morgan fingerprint density at radius 2 is 1.96 bits per heavy atom. The van der Waals surface area contributed by atoms with Gasteiger partial charge in [0, 0.05) is 58.8 Å². The number of nitrogens with zero attached hydrogens (tertiary/aromatic N) is 3. The summed E-state index contributed by atoms with van der Waals surface area (Å²) < 4.78 is 4.92. The summed E-state index contributed by atoms with van der Waals surface area (Å²) in [5.41, 5.74) is 0.726. The van der Waals surface area contributed by atoms with Gasteiger partial charge in [-0.2, -0.15) is 0 Å². The van der Waals surface area contributed by atoms with Crippen molar-refractivity contribution < 1.29 is 19.1 Å². The van der Waals surface area contributed by atoms with Gasteiger partial charge in [0.25, 0.3) is 11.8 Å². The van der Waals surface area contributed by atoms with Crippen molar-refractivity contribution in [2.75, 3.05) is 46.4 Å². The number of rotatable bonds is 7. The third kappa shape index (κ3) is 4.76. The minimum absolute atomic E-state index is 0.179. The topological polar surface area (TPSA) is 91.8 Å². The molecule has 1 N–H and O–H groups in total. The maximum Gasteiger partial charge on any atom is 0.255 e. The molecule has 2 heterocycles. The standard InChI is InChI=1S/C16H22N4O4/c1-24-8-2-3-18-15(22)13-9-14(11-17-10-13)16(23)20-6-4-19(12-21)5-7-20/h9-12H,2-8H2,1H3,(H,18,22). The van der Waals surface area contributed by atoms with E-state index in [9.17, 15) is 14.4 Å². The molecule has 8 nitrogen and oxygen atoms in total. The van der Waals surface area contributed by atoms with Gasteiger partial charge in [0.05, 0.1) is 11.1 Å². The van der Waals surface area contributed by atoms with Crippen LogP contribution in [0, 0.1) is 0 Å². The summed E-state index contributed by atoms with van der Waals surface area (Å²) in [4.78, 5) is 42.6. The molecule has 0 unspecified atom stereocenters. The van der Waals surface area contributed by atoms with Gasteiger partial charge in [-0.3, -0.25) is 19.4 Å². The van der Waals surface area contributed by atoms with Crippen LogP contribution in [0.3, 0.4) is 0 Å². The molecule has 130 valence electrons. The van der Waals surface area contributed by atoms with Crippen molar-refractivity contribution in [1.82, 2.24) is 20.1 Å². The van der Waals surface area contributed by atoms with E-state index in [1.165, 1.54) is 12.4 Å². The number of hydrogen-bond acceptors (Lipinski definition) is 5. The summed E-state index contributed by atoms with van der Waals surface area (Å²) >= 11 is 0. The zero-order valence-corrected chi connectivity index (χ0v) is 13.7. The third-order valence-corrected chi connectivity index (χ3v) is 3.81. The predicted octanol–water partition coefficient (Wildman–Crippen LogP) is -0.238. The van der Waals surface area contributed by atoms with Crippen LogP contribution >= 0.6 is 0 Å². The van der Waals surface area contributed by atoms with Gasteiger partial charge in [-0.05, 0) is 12.5 Å². The first-order valence-electron chi connectivity index (χ1n) is 7.86. The summed E-state index contributed by atoms with van der Waals surface area (Å²) in [6, 6.07) is 1.55. The van der Waals surface area contributed by atoms with Gasteiger partial charge >= 0.3 is 0 Å². The molecule has 8 heteroatoms. The molecule has 3 amide bonds. The van der Waals surface area contributed by atoms with Crippen LogP contribution in [0.5, 0.6) is 0 Å². The highest BCUT2D eigenvalue weighted by Crippen LogP contribution is 2.09. The van der Waals surface area contributed by atoms with E-state index >= 15 is 0 Å². The number of ether oxygens (including phenoxy) is 1. The first-order valence-corrected chi connectivity index (χ1v) is 7.86. The van der Waals surface area contributed by atoms with E-state index in [2.05, 4.69) is 10.3 Å². The van der Waals surface area contributed by atoms with Crippen molar-refractivity contribution in [3.05, 3.63) is 29.6 Å². The minimum atomic E-state index is -0.265. The SMILES string of the molecule is COCCCNC(=O)c1cncc(C(=O)N2CCN(C=O)CC2)c1. The number of aromatic nitrogens is 1. The molecule has 0 bridgehead atoms. The van der Waals surface area contributed by atoms with Crippen LogP contribution < -0.4 is 5.32 Å². The van der Waals surface area contributed by atoms with Crippen LogP contribution in [0.1, 0.15) is 27.1 Å². The van der Waals surface area contributed by atoms with E-state index in [-0.39, 0.29) is 11.8 Å². The molecule has 0 spiro atoms. The van der Waals surface area contributed by atoms with Crippen molar-refractivity contribution in [2.24, 2.45) is 0 Å². The molecular formula is C16H22N4O4. The largest absolute Gasteiger partial charge is 0.385 e. The normalized spacial score (nSPS) is 14.4. The monoisotopic (exact) mass is 334 g/mol. The second-order valence-electron chi connectivity index (χ2n) is 5.50. The van der Waals surface area contributed by atoms with E-state index < -0.39 is 0 Å². The molecule has 0 aliphatic carbocycles. The molecule has 1 saturated heterocycles. The zero-order chi connectivity index (χ0) is 17.4. The minimum Gasteiger partial charge on any atom is -0.385 e. The summed E-state index contributed by atoms with van der Waals surface area (Å²) in [6.07, 6.45) is 4.40. The van der Waals surface area contributed by atoms with Gasteiger partial charge in [0.2, 0.25) is 6.41 Å². The van der Waals surface area contributed by atoms with Gasteiger partial charge in [-0.25, -0.2) is 0 Å². The van der Waals surface area contributed by atoms with Gasteiger partial charge in [0.1, 0.15) is 0 Å². The number of carbonyl (C=O) groups is 3. The Kier molecular flexibility index (Phi) is 6.68. The Labute approximate surface area is 140 Å². The molecule has 1 aliphatic heterocycles. The van der Waals surface area contributed by atoms with Crippen LogP contribution in [-0.4, -0.2) is 79.4 Å². The average Bonchev–Trinajstić information content (AvgIpc) is 2.64. The molecule has 2 rings (SSSR count). The Balaban J connectivity index is 1.95. The lowest BCUT2D eigenvalue weighted by Gasteiger charge is -2.32. The molecule has 24 heavy (non-hydrogen) atoms. The highest BCUT2D eigenvalue weighted by atomic mass is 16.5. The Morgan fingerprint density at radius 3 is 2.62 bits per heavy atom. The number of amides is 3. The maximum atomic E-state index is 12.5. The Morgan fingerprint density at radius 1 is 1.25 bits per heavy atom. The van der Waals surface area contributed by atoms with Crippen LogP contribution in [0.15, 0.2) is 18.5 Å². The second kappa shape index (κ2) is 8.97. The molecule has 1 fully saturated rings. The lowest BCUT2D eigenvalue weighted by Crippen LogP contribution is -2.48. The molecule has 0 saturated carbocycles. The van der Waals surface area contributed by atoms with Gasteiger partial charge in [-0.15, -0.1) is 0 Å². The van der Waals surface area contributed by atoms with E-state index in [1.807, 2.05) is 0 Å². The number of pyridine rings is 1. The smallest absolute Gasteiger partial charge is 0.255 e. The predicted molar refractivity (Wildman–Crippen MR) is 86.6 cm³/mol. The number of carbonyl (C=O) groups excluding carboxylic acids is 3. The fraction of sp³-hybridized carbons (Fsp3) is 0.500. The average molecular weight is 334 g/mol. The lowest BCUT2D eigenvalue weighted by atomic mass is 10.1. The van der Waals surface area contributed by atoms with Crippen LogP contribution in [0.25, 0.3) is 0 Å². The maximum absolute atomic E-state index is 12.5. The highest BCUT2D eigenvalue weighted by Gasteiger charge is 2.22. The van der Waals surface area contributed by atoms with Crippen LogP contribution in [0.2, 0.25) is 0 Å². The quantitative estimate of drug-likeness (QED) is 0.549. The van der Waals surface area contributed by atoms with Crippen molar-refractivity contribution in [2.45, 2.75) is 6.42 Å². The second-order valence-corrected chi connectivity index (χ2v) is 5.50. The van der Waals surface area contributed by atoms with Crippen LogP contribution in [0.4, 0.5) is 0 Å². The molecular weight excluding hydrogens is 312 g/mol. The summed E-state index contributed by atoms with van der Waals surface area (Å²) in [5.74, 6) is -0.443. The Hall–Kier alpha value is -2.48. The molecule has 0 atom stereocenters. The van der Waals surface area contributed by atoms with Crippen molar-refractivity contribution in [3.63, 3.8) is 0 Å². The van der Waals surface area contributed by atoms with Gasteiger partial charge in [0.15, 0.2) is 0 Å².